The van der Waals surface area contributed by atoms with Crippen molar-refractivity contribution in [3.63, 3.8) is 0 Å². The highest BCUT2D eigenvalue weighted by molar-refractivity contribution is 9.10. The Morgan fingerprint density at radius 3 is 2.70 bits per heavy atom. The summed E-state index contributed by atoms with van der Waals surface area (Å²) in [5.74, 6) is 0.0683. The summed E-state index contributed by atoms with van der Waals surface area (Å²) in [5.41, 5.74) is 1.68. The molecule has 0 spiro atoms. The van der Waals surface area contributed by atoms with E-state index in [9.17, 15) is 10.1 Å². The third-order valence-electron chi connectivity index (χ3n) is 2.66. The number of hydrogen-bond donors (Lipinski definition) is 1. The van der Waals surface area contributed by atoms with Crippen LogP contribution in [-0.4, -0.2) is 14.9 Å². The summed E-state index contributed by atoms with van der Waals surface area (Å²) in [7, 11) is 0. The molecule has 1 N–H and O–H groups in total. The van der Waals surface area contributed by atoms with Crippen LogP contribution in [0.4, 0.5) is 17.2 Å². The fraction of sp³-hybridized carbons (Fsp3) is 0.167. The number of aromatic nitrogens is 2. The minimum absolute atomic E-state index is 0.0422. The predicted octanol–water partition coefficient (Wildman–Crippen LogP) is 4.16. The van der Waals surface area contributed by atoms with Gasteiger partial charge in [0.15, 0.2) is 0 Å². The summed E-state index contributed by atoms with van der Waals surface area (Å²) in [6.07, 6.45) is 0. The van der Waals surface area contributed by atoms with Crippen LogP contribution in [0, 0.1) is 24.0 Å². The van der Waals surface area contributed by atoms with Crippen molar-refractivity contribution in [3.05, 3.63) is 49.3 Å². The molecule has 0 bridgehead atoms. The predicted molar refractivity (Wildman–Crippen MR) is 80.6 cm³/mol. The summed E-state index contributed by atoms with van der Waals surface area (Å²) in [5, 5.41) is 14.0. The van der Waals surface area contributed by atoms with E-state index in [0.717, 1.165) is 10.0 Å². The van der Waals surface area contributed by atoms with Gasteiger partial charge in [-0.15, -0.1) is 0 Å². The number of aryl methyl sites for hydroxylation is 2. The highest BCUT2D eigenvalue weighted by atomic mass is 79.9. The Hall–Kier alpha value is -1.73. The first-order chi connectivity index (χ1) is 9.40. The summed E-state index contributed by atoms with van der Waals surface area (Å²) in [4.78, 5) is 18.3. The molecule has 0 atom stereocenters. The molecule has 0 fully saturated rings. The summed E-state index contributed by atoms with van der Waals surface area (Å²) in [6, 6.07) is 5.54. The molecule has 104 valence electrons. The van der Waals surface area contributed by atoms with E-state index in [1.54, 1.807) is 6.07 Å². The van der Waals surface area contributed by atoms with Gasteiger partial charge in [0.25, 0.3) is 0 Å². The Bertz CT molecular complexity index is 693. The standard InChI is InChI=1S/C12H10BrClN4O2/c1-6-4-3-5-8(9(6)13)16-11-10(18(19)20)7(2)15-12(14)17-11/h3-5H,1-2H3,(H,15,16,17). The van der Waals surface area contributed by atoms with Gasteiger partial charge in [-0.3, -0.25) is 10.1 Å². The molecule has 8 heteroatoms. The number of rotatable bonds is 3. The van der Waals surface area contributed by atoms with E-state index in [4.69, 9.17) is 11.6 Å². The van der Waals surface area contributed by atoms with Gasteiger partial charge in [0, 0.05) is 4.47 Å². The minimum Gasteiger partial charge on any atom is -0.333 e. The lowest BCUT2D eigenvalue weighted by atomic mass is 10.2. The Balaban J connectivity index is 2.53. The number of hydrogen-bond acceptors (Lipinski definition) is 5. The number of nitrogens with one attached hydrogen (secondary N) is 1. The summed E-state index contributed by atoms with van der Waals surface area (Å²) in [6.45, 7) is 3.43. The van der Waals surface area contributed by atoms with E-state index in [1.165, 1.54) is 6.92 Å². The molecule has 0 aliphatic carbocycles. The molecule has 2 rings (SSSR count). The lowest BCUT2D eigenvalue weighted by Crippen LogP contribution is -2.04. The van der Waals surface area contributed by atoms with Crippen molar-refractivity contribution in [1.29, 1.82) is 0 Å². The van der Waals surface area contributed by atoms with Crippen molar-refractivity contribution in [3.8, 4) is 0 Å². The quantitative estimate of drug-likeness (QED) is 0.507. The van der Waals surface area contributed by atoms with Gasteiger partial charge in [-0.1, -0.05) is 12.1 Å². The van der Waals surface area contributed by atoms with Crippen LogP contribution >= 0.6 is 27.5 Å². The molecular weight excluding hydrogens is 348 g/mol. The van der Waals surface area contributed by atoms with Crippen molar-refractivity contribution < 1.29 is 4.92 Å². The molecule has 0 amide bonds. The van der Waals surface area contributed by atoms with E-state index in [0.29, 0.717) is 5.69 Å². The molecule has 0 saturated heterocycles. The first-order valence-corrected chi connectivity index (χ1v) is 6.78. The largest absolute Gasteiger partial charge is 0.333 e. The van der Waals surface area contributed by atoms with Crippen molar-refractivity contribution >= 4 is 44.7 Å². The Morgan fingerprint density at radius 2 is 2.05 bits per heavy atom. The number of halogens is 2. The second-order valence-corrected chi connectivity index (χ2v) is 5.22. The van der Waals surface area contributed by atoms with Crippen molar-refractivity contribution in [2.75, 3.05) is 5.32 Å². The van der Waals surface area contributed by atoms with Crippen LogP contribution in [0.3, 0.4) is 0 Å². The van der Waals surface area contributed by atoms with Gasteiger partial charge in [-0.2, -0.15) is 4.98 Å². The van der Waals surface area contributed by atoms with Gasteiger partial charge in [0.1, 0.15) is 5.69 Å². The van der Waals surface area contributed by atoms with Gasteiger partial charge in [0.05, 0.1) is 10.6 Å². The maximum Gasteiger partial charge on any atom is 0.332 e. The van der Waals surface area contributed by atoms with E-state index < -0.39 is 4.92 Å². The molecule has 0 saturated carbocycles. The minimum atomic E-state index is -0.530. The second kappa shape index (κ2) is 5.72. The number of nitro groups is 1. The zero-order chi connectivity index (χ0) is 14.9. The molecule has 1 aromatic carbocycles. The third kappa shape index (κ3) is 2.88. The Kier molecular flexibility index (Phi) is 4.20. The zero-order valence-electron chi connectivity index (χ0n) is 10.6. The third-order valence-corrected chi connectivity index (χ3v) is 3.88. The van der Waals surface area contributed by atoms with E-state index in [1.807, 2.05) is 19.1 Å². The second-order valence-electron chi connectivity index (χ2n) is 4.09. The molecule has 20 heavy (non-hydrogen) atoms. The van der Waals surface area contributed by atoms with Crippen LogP contribution in [0.5, 0.6) is 0 Å². The monoisotopic (exact) mass is 356 g/mol. The van der Waals surface area contributed by atoms with Crippen molar-refractivity contribution in [2.24, 2.45) is 0 Å². The van der Waals surface area contributed by atoms with Crippen LogP contribution in [0.2, 0.25) is 5.28 Å². The first kappa shape index (κ1) is 14.7. The Morgan fingerprint density at radius 1 is 1.35 bits per heavy atom. The molecule has 0 unspecified atom stereocenters. The highest BCUT2D eigenvalue weighted by Gasteiger charge is 2.22. The molecule has 6 nitrogen and oxygen atoms in total. The average Bonchev–Trinajstić information content (AvgIpc) is 2.33. The molecule has 0 aliphatic rings. The normalized spacial score (nSPS) is 10.4. The fourth-order valence-electron chi connectivity index (χ4n) is 1.71. The number of benzene rings is 1. The van der Waals surface area contributed by atoms with Crippen molar-refractivity contribution in [1.82, 2.24) is 9.97 Å². The SMILES string of the molecule is Cc1cccc(Nc2nc(Cl)nc(C)c2[N+](=O)[O-])c1Br. The van der Waals surface area contributed by atoms with E-state index in [2.05, 4.69) is 31.2 Å². The molecule has 1 heterocycles. The maximum absolute atomic E-state index is 11.1. The maximum atomic E-state index is 11.1. The topological polar surface area (TPSA) is 81.0 Å². The molecule has 1 aromatic heterocycles. The molecule has 0 radical (unpaired) electrons. The average molecular weight is 358 g/mol. The lowest BCUT2D eigenvalue weighted by Gasteiger charge is -2.10. The first-order valence-electron chi connectivity index (χ1n) is 5.61. The van der Waals surface area contributed by atoms with Gasteiger partial charge in [-0.25, -0.2) is 4.98 Å². The lowest BCUT2D eigenvalue weighted by molar-refractivity contribution is -0.385. The van der Waals surface area contributed by atoms with Crippen LogP contribution in [0.15, 0.2) is 22.7 Å². The summed E-state index contributed by atoms with van der Waals surface area (Å²) >= 11 is 9.20. The van der Waals surface area contributed by atoms with Gasteiger partial charge in [0.2, 0.25) is 11.1 Å². The van der Waals surface area contributed by atoms with Gasteiger partial charge in [-0.05, 0) is 53.0 Å². The van der Waals surface area contributed by atoms with E-state index >= 15 is 0 Å². The smallest absolute Gasteiger partial charge is 0.332 e. The highest BCUT2D eigenvalue weighted by Crippen LogP contribution is 2.33. The van der Waals surface area contributed by atoms with Crippen LogP contribution in [-0.2, 0) is 0 Å². The molecule has 0 aliphatic heterocycles. The summed E-state index contributed by atoms with van der Waals surface area (Å²) < 4.78 is 0.807. The van der Waals surface area contributed by atoms with Gasteiger partial charge >= 0.3 is 5.69 Å². The van der Waals surface area contributed by atoms with Crippen LogP contribution in [0.1, 0.15) is 11.3 Å². The Labute approximate surface area is 128 Å². The van der Waals surface area contributed by atoms with Crippen LogP contribution in [0.25, 0.3) is 0 Å². The number of anilines is 2. The number of nitrogens with zero attached hydrogens (tertiary/aromatic N) is 3. The zero-order valence-corrected chi connectivity index (χ0v) is 13.0. The van der Waals surface area contributed by atoms with Gasteiger partial charge < -0.3 is 5.32 Å². The van der Waals surface area contributed by atoms with Crippen LogP contribution < -0.4 is 5.32 Å². The molecule has 2 aromatic rings. The van der Waals surface area contributed by atoms with E-state index in [-0.39, 0.29) is 22.5 Å². The van der Waals surface area contributed by atoms with Crippen molar-refractivity contribution in [2.45, 2.75) is 13.8 Å². The molecular formula is C12H10BrClN4O2. The fourth-order valence-corrected chi connectivity index (χ4v) is 2.28.